The normalized spacial score (nSPS) is 12.2. The van der Waals surface area contributed by atoms with Crippen LogP contribution in [0.5, 0.6) is 5.88 Å². The third-order valence-electron chi connectivity index (χ3n) is 1.81. The lowest BCUT2D eigenvalue weighted by Crippen LogP contribution is -2.12. The molecule has 0 saturated heterocycles. The number of hydrogen-bond donors (Lipinski definition) is 0. The number of aromatic nitrogens is 2. The van der Waals surface area contributed by atoms with E-state index in [4.69, 9.17) is 16.3 Å². The highest BCUT2D eigenvalue weighted by Gasteiger charge is 2.23. The molecule has 6 nitrogen and oxygen atoms in total. The number of rotatable bonds is 4. The first kappa shape index (κ1) is 11.6. The quantitative estimate of drug-likeness (QED) is 0.451. The predicted molar refractivity (Wildman–Crippen MR) is 54.1 cm³/mol. The first-order chi connectivity index (χ1) is 7.06. The average Bonchev–Trinajstić information content (AvgIpc) is 2.17. The molecule has 0 saturated carbocycles. The second-order valence-corrected chi connectivity index (χ2v) is 3.27. The number of hydrogen-bond acceptors (Lipinski definition) is 5. The van der Waals surface area contributed by atoms with Gasteiger partial charge in [0.05, 0.1) is 11.0 Å². The minimum atomic E-state index is -0.653. The van der Waals surface area contributed by atoms with Gasteiger partial charge in [0.25, 0.3) is 5.88 Å². The maximum absolute atomic E-state index is 10.7. The van der Waals surface area contributed by atoms with Crippen molar-refractivity contribution in [2.45, 2.75) is 26.4 Å². The molecule has 0 aliphatic carbocycles. The Balaban J connectivity index is 3.06. The van der Waals surface area contributed by atoms with Gasteiger partial charge in [-0.1, -0.05) is 18.5 Å². The highest BCUT2D eigenvalue weighted by molar-refractivity contribution is 6.31. The van der Waals surface area contributed by atoms with Gasteiger partial charge in [-0.25, -0.2) is 4.98 Å². The molecule has 1 aromatic heterocycles. The Bertz CT molecular complexity index is 372. The van der Waals surface area contributed by atoms with Crippen molar-refractivity contribution in [2.24, 2.45) is 0 Å². The van der Waals surface area contributed by atoms with Crippen molar-refractivity contribution in [3.8, 4) is 5.88 Å². The maximum Gasteiger partial charge on any atom is 0.367 e. The summed E-state index contributed by atoms with van der Waals surface area (Å²) in [4.78, 5) is 17.2. The lowest BCUT2D eigenvalue weighted by atomic mass is 10.3. The molecule has 0 radical (unpaired) electrons. The third kappa shape index (κ3) is 2.76. The van der Waals surface area contributed by atoms with Crippen molar-refractivity contribution < 1.29 is 9.66 Å². The molecule has 0 aliphatic heterocycles. The van der Waals surface area contributed by atoms with Crippen molar-refractivity contribution in [2.75, 3.05) is 0 Å². The standard InChI is InChI=1S/C8H10ClN3O3/c1-3-5(2)15-8-6(12(13)14)7(9)10-4-11-8/h4-5H,3H2,1-2H3. The molecule has 7 heteroatoms. The van der Waals surface area contributed by atoms with Crippen LogP contribution >= 0.6 is 11.6 Å². The van der Waals surface area contributed by atoms with E-state index in [0.717, 1.165) is 12.7 Å². The number of halogens is 1. The Labute approximate surface area is 91.4 Å². The smallest absolute Gasteiger partial charge is 0.367 e. The van der Waals surface area contributed by atoms with E-state index in [2.05, 4.69) is 9.97 Å². The fourth-order valence-electron chi connectivity index (χ4n) is 0.856. The van der Waals surface area contributed by atoms with Gasteiger partial charge in [-0.05, 0) is 13.3 Å². The lowest BCUT2D eigenvalue weighted by molar-refractivity contribution is -0.386. The summed E-state index contributed by atoms with van der Waals surface area (Å²) in [6.07, 6.45) is 1.70. The Morgan fingerprint density at radius 1 is 1.67 bits per heavy atom. The van der Waals surface area contributed by atoms with Crippen LogP contribution in [0.3, 0.4) is 0 Å². The van der Waals surface area contributed by atoms with Gasteiger partial charge in [0.2, 0.25) is 5.15 Å². The highest BCUT2D eigenvalue weighted by Crippen LogP contribution is 2.30. The molecule has 0 spiro atoms. The summed E-state index contributed by atoms with van der Waals surface area (Å²) in [6, 6.07) is 0. The molecule has 1 rings (SSSR count). The van der Waals surface area contributed by atoms with Crippen LogP contribution in [0.2, 0.25) is 5.15 Å². The molecular formula is C8H10ClN3O3. The molecule has 1 heterocycles. The van der Waals surface area contributed by atoms with Gasteiger partial charge in [-0.2, -0.15) is 4.98 Å². The van der Waals surface area contributed by atoms with Crippen LogP contribution in [-0.2, 0) is 0 Å². The summed E-state index contributed by atoms with van der Waals surface area (Å²) in [5, 5.41) is 10.5. The molecular weight excluding hydrogens is 222 g/mol. The van der Waals surface area contributed by atoms with Crippen molar-refractivity contribution in [3.63, 3.8) is 0 Å². The van der Waals surface area contributed by atoms with E-state index in [1.807, 2.05) is 6.92 Å². The number of nitrogens with zero attached hydrogens (tertiary/aromatic N) is 3. The summed E-state index contributed by atoms with van der Waals surface area (Å²) < 4.78 is 5.26. The summed E-state index contributed by atoms with van der Waals surface area (Å²) in [5.41, 5.74) is -0.389. The molecule has 15 heavy (non-hydrogen) atoms. The summed E-state index contributed by atoms with van der Waals surface area (Å²) >= 11 is 5.58. The molecule has 0 amide bonds. The second-order valence-electron chi connectivity index (χ2n) is 2.91. The molecule has 0 N–H and O–H groups in total. The van der Waals surface area contributed by atoms with Crippen molar-refractivity contribution >= 4 is 17.3 Å². The summed E-state index contributed by atoms with van der Waals surface area (Å²) in [6.45, 7) is 3.69. The lowest BCUT2D eigenvalue weighted by Gasteiger charge is -2.10. The van der Waals surface area contributed by atoms with E-state index in [0.29, 0.717) is 0 Å². The van der Waals surface area contributed by atoms with Crippen molar-refractivity contribution in [1.29, 1.82) is 0 Å². The van der Waals surface area contributed by atoms with Crippen LogP contribution in [-0.4, -0.2) is 21.0 Å². The molecule has 0 aliphatic rings. The molecule has 0 fully saturated rings. The number of ether oxygens (including phenoxy) is 1. The molecule has 82 valence electrons. The summed E-state index contributed by atoms with van der Waals surface area (Å²) in [5.74, 6) is -0.0886. The first-order valence-electron chi connectivity index (χ1n) is 4.37. The van der Waals surface area contributed by atoms with Gasteiger partial charge in [-0.3, -0.25) is 10.1 Å². The molecule has 0 bridgehead atoms. The maximum atomic E-state index is 10.7. The fraction of sp³-hybridized carbons (Fsp3) is 0.500. The first-order valence-corrected chi connectivity index (χ1v) is 4.75. The molecule has 1 atom stereocenters. The number of nitro groups is 1. The van der Waals surface area contributed by atoms with Crippen LogP contribution in [0.4, 0.5) is 5.69 Å². The van der Waals surface area contributed by atoms with E-state index < -0.39 is 4.92 Å². The van der Waals surface area contributed by atoms with Gasteiger partial charge in [0.1, 0.15) is 6.33 Å². The van der Waals surface area contributed by atoms with Crippen LogP contribution in [0.1, 0.15) is 20.3 Å². The zero-order valence-electron chi connectivity index (χ0n) is 8.31. The van der Waals surface area contributed by atoms with E-state index in [9.17, 15) is 10.1 Å². The average molecular weight is 232 g/mol. The molecule has 0 aromatic carbocycles. The third-order valence-corrected chi connectivity index (χ3v) is 2.09. The fourth-order valence-corrected chi connectivity index (χ4v) is 1.05. The van der Waals surface area contributed by atoms with Gasteiger partial charge in [-0.15, -0.1) is 0 Å². The predicted octanol–water partition coefficient (Wildman–Crippen LogP) is 2.22. The van der Waals surface area contributed by atoms with Crippen LogP contribution in [0.25, 0.3) is 0 Å². The van der Waals surface area contributed by atoms with Crippen LogP contribution < -0.4 is 4.74 Å². The van der Waals surface area contributed by atoms with E-state index in [1.54, 1.807) is 6.92 Å². The Morgan fingerprint density at radius 2 is 2.33 bits per heavy atom. The summed E-state index contributed by atoms with van der Waals surface area (Å²) in [7, 11) is 0. The van der Waals surface area contributed by atoms with Crippen molar-refractivity contribution in [3.05, 3.63) is 21.6 Å². The highest BCUT2D eigenvalue weighted by atomic mass is 35.5. The van der Waals surface area contributed by atoms with Gasteiger partial charge >= 0.3 is 5.69 Å². The zero-order valence-corrected chi connectivity index (χ0v) is 9.06. The topological polar surface area (TPSA) is 78.2 Å². The zero-order chi connectivity index (χ0) is 11.4. The SMILES string of the molecule is CCC(C)Oc1ncnc(Cl)c1[N+](=O)[O-]. The van der Waals surface area contributed by atoms with Gasteiger partial charge < -0.3 is 4.74 Å². The van der Waals surface area contributed by atoms with Crippen molar-refractivity contribution in [1.82, 2.24) is 9.97 Å². The van der Waals surface area contributed by atoms with Gasteiger partial charge in [0.15, 0.2) is 0 Å². The molecule has 1 aromatic rings. The Morgan fingerprint density at radius 3 is 2.87 bits per heavy atom. The minimum Gasteiger partial charge on any atom is -0.470 e. The van der Waals surface area contributed by atoms with E-state index in [-0.39, 0.29) is 22.8 Å². The Kier molecular flexibility index (Phi) is 3.79. The van der Waals surface area contributed by atoms with Crippen LogP contribution in [0, 0.1) is 10.1 Å². The monoisotopic (exact) mass is 231 g/mol. The minimum absolute atomic E-state index is 0.0886. The largest absolute Gasteiger partial charge is 0.470 e. The van der Waals surface area contributed by atoms with E-state index >= 15 is 0 Å². The van der Waals surface area contributed by atoms with E-state index in [1.165, 1.54) is 0 Å². The molecule has 1 unspecified atom stereocenters. The Hall–Kier alpha value is -1.43. The van der Waals surface area contributed by atoms with Crippen LogP contribution in [0.15, 0.2) is 6.33 Å². The van der Waals surface area contributed by atoms with Gasteiger partial charge in [0, 0.05) is 0 Å². The second kappa shape index (κ2) is 4.88.